The average molecular weight is 570 g/mol. The van der Waals surface area contributed by atoms with Crippen molar-refractivity contribution in [2.75, 3.05) is 19.6 Å². The minimum atomic E-state index is -0.607. The summed E-state index contributed by atoms with van der Waals surface area (Å²) < 4.78 is 0. The van der Waals surface area contributed by atoms with E-state index in [9.17, 15) is 15.0 Å². The lowest BCUT2D eigenvalue weighted by atomic mass is 9.34. The first-order valence-corrected chi connectivity index (χ1v) is 17.9. The van der Waals surface area contributed by atoms with Gasteiger partial charge >= 0.3 is 0 Å². The monoisotopic (exact) mass is 569 g/mol. The zero-order valence-electron chi connectivity index (χ0n) is 27.6. The Morgan fingerprint density at radius 3 is 2.20 bits per heavy atom. The fraction of sp³-hybridized carbons (Fsp3) is 0.973. The van der Waals surface area contributed by atoms with Crippen LogP contribution in [0.3, 0.4) is 0 Å². The van der Waals surface area contributed by atoms with Gasteiger partial charge in [0, 0.05) is 17.9 Å². The minimum absolute atomic E-state index is 0.0637. The number of ketones is 1. The van der Waals surface area contributed by atoms with Gasteiger partial charge < -0.3 is 15.1 Å². The molecular weight excluding hydrogens is 506 g/mol. The van der Waals surface area contributed by atoms with Crippen LogP contribution < -0.4 is 0 Å². The molecule has 1 aliphatic heterocycles. The quantitative estimate of drug-likeness (QED) is 0.375. The first-order valence-electron chi connectivity index (χ1n) is 17.9. The summed E-state index contributed by atoms with van der Waals surface area (Å²) in [5.41, 5.74) is -0.520. The van der Waals surface area contributed by atoms with Gasteiger partial charge in [-0.2, -0.15) is 0 Å². The number of Topliss-reactive ketones (excluding diaryl/α,β-unsaturated/α-hetero) is 1. The van der Waals surface area contributed by atoms with Crippen molar-refractivity contribution in [3.8, 4) is 0 Å². The molecule has 4 nitrogen and oxygen atoms in total. The molecule has 0 spiro atoms. The molecule has 5 saturated carbocycles. The van der Waals surface area contributed by atoms with Gasteiger partial charge in [0.15, 0.2) is 0 Å². The summed E-state index contributed by atoms with van der Waals surface area (Å²) >= 11 is 0. The van der Waals surface area contributed by atoms with E-state index in [0.717, 1.165) is 30.6 Å². The van der Waals surface area contributed by atoms with Crippen molar-refractivity contribution in [2.24, 2.45) is 75.4 Å². The summed E-state index contributed by atoms with van der Waals surface area (Å²) in [5, 5.41) is 23.1. The fourth-order valence-corrected chi connectivity index (χ4v) is 13.5. The zero-order chi connectivity index (χ0) is 29.5. The van der Waals surface area contributed by atoms with Crippen molar-refractivity contribution in [1.29, 1.82) is 0 Å². The van der Waals surface area contributed by atoms with E-state index in [0.29, 0.717) is 17.8 Å². The molecule has 5 aliphatic carbocycles. The lowest BCUT2D eigenvalue weighted by Crippen LogP contribution is -2.69. The highest BCUT2D eigenvalue weighted by Crippen LogP contribution is 2.72. The summed E-state index contributed by atoms with van der Waals surface area (Å²) in [6, 6.07) is 0. The van der Waals surface area contributed by atoms with Crippen LogP contribution in [0, 0.1) is 75.4 Å². The van der Waals surface area contributed by atoms with E-state index in [-0.39, 0.29) is 46.4 Å². The van der Waals surface area contributed by atoms with Crippen molar-refractivity contribution < 1.29 is 15.0 Å². The summed E-state index contributed by atoms with van der Waals surface area (Å²) in [4.78, 5) is 17.1. The summed E-state index contributed by atoms with van der Waals surface area (Å²) in [6.45, 7) is 19.9. The molecule has 0 radical (unpaired) electrons. The summed E-state index contributed by atoms with van der Waals surface area (Å²) in [7, 11) is 0. The Balaban J connectivity index is 1.25. The molecule has 1 saturated heterocycles. The maximum Gasteiger partial charge on any atom is 0.145 e. The van der Waals surface area contributed by atoms with E-state index in [2.05, 4.69) is 46.4 Å². The van der Waals surface area contributed by atoms with Crippen LogP contribution >= 0.6 is 0 Å². The van der Waals surface area contributed by atoms with Crippen LogP contribution in [0.2, 0.25) is 0 Å². The predicted molar refractivity (Wildman–Crippen MR) is 166 cm³/mol. The lowest BCUT2D eigenvalue weighted by molar-refractivity contribution is -0.238. The van der Waals surface area contributed by atoms with Crippen LogP contribution in [0.25, 0.3) is 0 Å². The van der Waals surface area contributed by atoms with Gasteiger partial charge in [0.2, 0.25) is 0 Å². The predicted octanol–water partition coefficient (Wildman–Crippen LogP) is 7.21. The smallest absolute Gasteiger partial charge is 0.145 e. The Hall–Kier alpha value is -0.450. The molecule has 1 heterocycles. The van der Waals surface area contributed by atoms with Crippen molar-refractivity contribution in [3.05, 3.63) is 0 Å². The van der Waals surface area contributed by atoms with Gasteiger partial charge in [0.05, 0.1) is 12.2 Å². The number of hydrogen-bond acceptors (Lipinski definition) is 4. The molecule has 4 heteroatoms. The standard InChI is InChI=1S/C37H63NO3/c1-22-10-15-28(27-13-11-26(12-14-27)20-38-16-8-9-17-38)29-19-35(5)21-36(6)18-23(2)30(25(4)39)34(41)37(36,7)24(3)32(35)33(40)31(22)29/h22-33,39-40H,8-21H2,1-7H3/t22?,23?,24?,25?,26?,27?,28?,29?,30?,31?,32?,33?,35-,36+,37+/m0/s1. The van der Waals surface area contributed by atoms with Gasteiger partial charge in [0.25, 0.3) is 0 Å². The van der Waals surface area contributed by atoms with Gasteiger partial charge in [0.1, 0.15) is 5.78 Å². The Bertz CT molecular complexity index is 967. The van der Waals surface area contributed by atoms with Gasteiger partial charge in [-0.1, -0.05) is 48.0 Å². The Morgan fingerprint density at radius 2 is 1.56 bits per heavy atom. The Morgan fingerprint density at radius 1 is 0.902 bits per heavy atom. The highest BCUT2D eigenvalue weighted by atomic mass is 16.3. The van der Waals surface area contributed by atoms with Crippen LogP contribution in [0.5, 0.6) is 0 Å². The van der Waals surface area contributed by atoms with Gasteiger partial charge in [-0.3, -0.25) is 4.79 Å². The zero-order valence-corrected chi connectivity index (χ0v) is 27.6. The maximum atomic E-state index is 14.3. The number of aliphatic hydroxyl groups excluding tert-OH is 2. The number of carbonyl (C=O) groups excluding carboxylic acids is 1. The fourth-order valence-electron chi connectivity index (χ4n) is 13.5. The second kappa shape index (κ2) is 10.9. The minimum Gasteiger partial charge on any atom is -0.393 e. The van der Waals surface area contributed by atoms with Crippen LogP contribution in [-0.4, -0.2) is 52.7 Å². The highest BCUT2D eigenvalue weighted by Gasteiger charge is 2.70. The highest BCUT2D eigenvalue weighted by molar-refractivity contribution is 5.89. The normalized spacial score (nSPS) is 55.1. The number of carbonyl (C=O) groups is 1. The van der Waals surface area contributed by atoms with E-state index in [1.807, 2.05) is 6.92 Å². The molecule has 234 valence electrons. The molecule has 10 unspecified atom stereocenters. The lowest BCUT2D eigenvalue weighted by Gasteiger charge is -2.70. The second-order valence-electron chi connectivity index (χ2n) is 17.7. The van der Waals surface area contributed by atoms with Crippen LogP contribution in [-0.2, 0) is 4.79 Å². The number of aliphatic hydroxyl groups is 2. The van der Waals surface area contributed by atoms with Crippen molar-refractivity contribution >= 4 is 5.78 Å². The SMILES string of the molecule is CC(O)C1C(=O)[C@@]2(C)C(C)C3C(O)C4C(C)CCC(C5CCC(CN6CCCC6)CC5)C4C[C@@]3(C)C[C@@]2(C)CC1C. The summed E-state index contributed by atoms with van der Waals surface area (Å²) in [6.07, 6.45) is 13.4. The number of hydrogen-bond donors (Lipinski definition) is 2. The molecular formula is C37H63NO3. The van der Waals surface area contributed by atoms with Crippen molar-refractivity contribution in [3.63, 3.8) is 0 Å². The second-order valence-corrected chi connectivity index (χ2v) is 17.7. The molecule has 6 rings (SSSR count). The van der Waals surface area contributed by atoms with Crippen LogP contribution in [0.1, 0.15) is 119 Å². The number of nitrogens with zero attached hydrogens (tertiary/aromatic N) is 1. The topological polar surface area (TPSA) is 60.8 Å². The molecule has 2 N–H and O–H groups in total. The Kier molecular flexibility index (Phi) is 8.10. The average Bonchev–Trinajstić information content (AvgIpc) is 3.39. The van der Waals surface area contributed by atoms with E-state index in [4.69, 9.17) is 0 Å². The van der Waals surface area contributed by atoms with Gasteiger partial charge in [-0.05, 0) is 148 Å². The van der Waals surface area contributed by atoms with E-state index < -0.39 is 11.5 Å². The number of likely N-dealkylation sites (tertiary alicyclic amines) is 1. The third-order valence-electron chi connectivity index (χ3n) is 15.4. The molecule has 0 aromatic rings. The molecule has 0 amide bonds. The molecule has 6 aliphatic rings. The molecule has 6 fully saturated rings. The number of rotatable bonds is 4. The van der Waals surface area contributed by atoms with E-state index in [1.165, 1.54) is 77.4 Å². The van der Waals surface area contributed by atoms with E-state index >= 15 is 0 Å². The van der Waals surface area contributed by atoms with Crippen LogP contribution in [0.4, 0.5) is 0 Å². The molecule has 41 heavy (non-hydrogen) atoms. The summed E-state index contributed by atoms with van der Waals surface area (Å²) in [5.74, 6) is 4.52. The Labute approximate surface area is 251 Å². The van der Waals surface area contributed by atoms with Gasteiger partial charge in [-0.25, -0.2) is 0 Å². The van der Waals surface area contributed by atoms with Crippen molar-refractivity contribution in [1.82, 2.24) is 4.90 Å². The molecule has 0 aromatic heterocycles. The third-order valence-corrected chi connectivity index (χ3v) is 15.4. The molecule has 0 aromatic carbocycles. The van der Waals surface area contributed by atoms with Crippen molar-refractivity contribution in [2.45, 2.75) is 131 Å². The number of fused-ring (bicyclic) bond motifs is 3. The largest absolute Gasteiger partial charge is 0.393 e. The first-order chi connectivity index (χ1) is 19.3. The maximum absolute atomic E-state index is 14.3. The molecule has 13 atom stereocenters. The first kappa shape index (κ1) is 30.6. The van der Waals surface area contributed by atoms with Crippen LogP contribution in [0.15, 0.2) is 0 Å². The van der Waals surface area contributed by atoms with Gasteiger partial charge in [-0.15, -0.1) is 0 Å². The molecule has 0 bridgehead atoms. The third kappa shape index (κ3) is 4.73. The van der Waals surface area contributed by atoms with E-state index in [1.54, 1.807) is 0 Å².